The van der Waals surface area contributed by atoms with E-state index in [1.807, 2.05) is 6.92 Å². The number of anilines is 2. The van der Waals surface area contributed by atoms with E-state index >= 15 is 0 Å². The Labute approximate surface area is 186 Å². The number of ether oxygens (including phenoxy) is 2. The number of rotatable bonds is 5. The zero-order valence-corrected chi connectivity index (χ0v) is 19.2. The van der Waals surface area contributed by atoms with Gasteiger partial charge in [-0.25, -0.2) is 4.79 Å². The summed E-state index contributed by atoms with van der Waals surface area (Å²) >= 11 is 4.56. The van der Waals surface area contributed by atoms with E-state index in [1.54, 1.807) is 49.1 Å². The fraction of sp³-hybridized carbons (Fsp3) is 0.350. The van der Waals surface area contributed by atoms with Crippen LogP contribution in [0.3, 0.4) is 0 Å². The normalized spacial score (nSPS) is 14.4. The Morgan fingerprint density at radius 2 is 2.03 bits per heavy atom. The minimum atomic E-state index is -1.21. The molecule has 2 aromatic rings. The van der Waals surface area contributed by atoms with Crippen molar-refractivity contribution in [2.45, 2.75) is 26.3 Å². The van der Waals surface area contributed by atoms with Crippen LogP contribution in [0, 0.1) is 6.92 Å². The molecule has 1 saturated heterocycles. The van der Waals surface area contributed by atoms with Gasteiger partial charge in [0.05, 0.1) is 10.4 Å². The molecular formula is C20H22BrN3O5S. The second-order valence-corrected chi connectivity index (χ2v) is 9.68. The molecule has 1 aliphatic rings. The summed E-state index contributed by atoms with van der Waals surface area (Å²) in [4.78, 5) is 38.6. The number of benzene rings is 1. The molecule has 0 atom stereocenters. The maximum absolute atomic E-state index is 12.7. The van der Waals surface area contributed by atoms with Gasteiger partial charge >= 0.3 is 6.09 Å². The Morgan fingerprint density at radius 1 is 1.27 bits per heavy atom. The number of nitrogens with one attached hydrogen (secondary N) is 2. The minimum Gasteiger partial charge on any atom is -0.399 e. The van der Waals surface area contributed by atoms with Crippen molar-refractivity contribution in [3.05, 3.63) is 39.7 Å². The molecule has 0 spiro atoms. The number of nitrogens with zero attached hydrogens (tertiary/aromatic N) is 1. The molecule has 0 unspecified atom stereocenters. The highest BCUT2D eigenvalue weighted by Crippen LogP contribution is 2.29. The molecule has 0 aliphatic carbocycles. The van der Waals surface area contributed by atoms with E-state index in [1.165, 1.54) is 11.3 Å². The van der Waals surface area contributed by atoms with Gasteiger partial charge in [0.15, 0.2) is 5.06 Å². The summed E-state index contributed by atoms with van der Waals surface area (Å²) in [6, 6.07) is 8.72. The lowest BCUT2D eigenvalue weighted by atomic mass is 10.0. The van der Waals surface area contributed by atoms with Crippen molar-refractivity contribution in [2.24, 2.45) is 0 Å². The first-order valence-electron chi connectivity index (χ1n) is 9.21. The Balaban J connectivity index is 1.63. The second kappa shape index (κ2) is 9.15. The topological polar surface area (TPSA) is 97.0 Å². The van der Waals surface area contributed by atoms with Gasteiger partial charge in [-0.2, -0.15) is 0 Å². The number of hydrogen-bond acceptors (Lipinski definition) is 6. The predicted molar refractivity (Wildman–Crippen MR) is 118 cm³/mol. The van der Waals surface area contributed by atoms with E-state index < -0.39 is 17.5 Å². The number of carbonyl (C=O) groups excluding carboxylic acids is 3. The van der Waals surface area contributed by atoms with E-state index in [2.05, 4.69) is 26.6 Å². The van der Waals surface area contributed by atoms with E-state index in [9.17, 15) is 14.4 Å². The summed E-state index contributed by atoms with van der Waals surface area (Å²) < 4.78 is 11.2. The van der Waals surface area contributed by atoms with Crippen LogP contribution in [-0.2, 0) is 14.3 Å². The van der Waals surface area contributed by atoms with Gasteiger partial charge in [-0.3, -0.25) is 9.59 Å². The molecule has 0 saturated carbocycles. The van der Waals surface area contributed by atoms with E-state index in [0.29, 0.717) is 23.9 Å². The van der Waals surface area contributed by atoms with E-state index in [0.717, 1.165) is 15.0 Å². The summed E-state index contributed by atoms with van der Waals surface area (Å²) in [5.41, 5.74) is 0.978. The van der Waals surface area contributed by atoms with Crippen LogP contribution < -0.4 is 20.3 Å². The molecule has 1 aliphatic heterocycles. The zero-order valence-electron chi connectivity index (χ0n) is 16.8. The van der Waals surface area contributed by atoms with Crippen molar-refractivity contribution >= 4 is 56.5 Å². The van der Waals surface area contributed by atoms with Gasteiger partial charge in [0.2, 0.25) is 5.91 Å². The molecule has 30 heavy (non-hydrogen) atoms. The SMILES string of the molecule is Cc1cc(NC(=O)C(C)(C)NC(=O)Oc2ccc(Br)s2)ccc1N1CCOCC1=O. The molecule has 3 amide bonds. The number of hydrogen-bond donors (Lipinski definition) is 2. The molecule has 3 rings (SSSR count). The second-order valence-electron chi connectivity index (χ2n) is 7.25. The summed E-state index contributed by atoms with van der Waals surface area (Å²) in [6.45, 7) is 6.08. The van der Waals surface area contributed by atoms with Crippen molar-refractivity contribution in [1.82, 2.24) is 5.32 Å². The lowest BCUT2D eigenvalue weighted by Gasteiger charge is -2.28. The zero-order chi connectivity index (χ0) is 21.9. The minimum absolute atomic E-state index is 0.0658. The van der Waals surface area contributed by atoms with E-state index in [-0.39, 0.29) is 12.5 Å². The van der Waals surface area contributed by atoms with Crippen LogP contribution >= 0.6 is 27.3 Å². The van der Waals surface area contributed by atoms with Gasteiger partial charge in [-0.05, 0) is 72.6 Å². The predicted octanol–water partition coefficient (Wildman–Crippen LogP) is 3.69. The van der Waals surface area contributed by atoms with E-state index in [4.69, 9.17) is 9.47 Å². The van der Waals surface area contributed by atoms with Gasteiger partial charge < -0.3 is 25.0 Å². The summed E-state index contributed by atoms with van der Waals surface area (Å²) in [7, 11) is 0. The molecule has 2 heterocycles. The van der Waals surface area contributed by atoms with Crippen LogP contribution in [-0.4, -0.2) is 43.2 Å². The Kier molecular flexibility index (Phi) is 6.79. The number of aryl methyl sites for hydroxylation is 1. The molecule has 1 aromatic carbocycles. The first-order valence-corrected chi connectivity index (χ1v) is 10.8. The molecule has 8 nitrogen and oxygen atoms in total. The molecule has 2 N–H and O–H groups in total. The number of thiophene rings is 1. The van der Waals surface area contributed by atoms with Crippen LogP contribution in [0.1, 0.15) is 19.4 Å². The number of carbonyl (C=O) groups is 3. The Bertz CT molecular complexity index is 975. The summed E-state index contributed by atoms with van der Waals surface area (Å²) in [6.07, 6.45) is -0.721. The van der Waals surface area contributed by atoms with Crippen LogP contribution in [0.15, 0.2) is 34.1 Å². The lowest BCUT2D eigenvalue weighted by molar-refractivity contribution is -0.125. The third-order valence-electron chi connectivity index (χ3n) is 4.46. The first-order chi connectivity index (χ1) is 14.2. The monoisotopic (exact) mass is 495 g/mol. The Hall–Kier alpha value is -2.43. The smallest absolute Gasteiger partial charge is 0.399 e. The van der Waals surface area contributed by atoms with Crippen molar-refractivity contribution < 1.29 is 23.9 Å². The van der Waals surface area contributed by atoms with Crippen LogP contribution in [0.25, 0.3) is 0 Å². The number of halogens is 1. The lowest BCUT2D eigenvalue weighted by Crippen LogP contribution is -2.53. The molecule has 0 radical (unpaired) electrons. The maximum Gasteiger partial charge on any atom is 0.414 e. The summed E-state index contributed by atoms with van der Waals surface area (Å²) in [5.74, 6) is -0.496. The van der Waals surface area contributed by atoms with Gasteiger partial charge in [0.1, 0.15) is 12.1 Å². The van der Waals surface area contributed by atoms with Crippen molar-refractivity contribution in [3.63, 3.8) is 0 Å². The standard InChI is InChI=1S/C20H22BrN3O5S/c1-12-10-13(4-5-14(12)24-8-9-28-11-16(24)25)22-18(26)20(2,3)23-19(27)29-17-7-6-15(21)30-17/h4-7,10H,8-9,11H2,1-3H3,(H,22,26)(H,23,27). The molecule has 0 bridgehead atoms. The fourth-order valence-electron chi connectivity index (χ4n) is 2.88. The van der Waals surface area contributed by atoms with Crippen LogP contribution in [0.4, 0.5) is 16.2 Å². The highest BCUT2D eigenvalue weighted by Gasteiger charge is 2.31. The van der Waals surface area contributed by atoms with Crippen LogP contribution in [0.2, 0.25) is 0 Å². The molecule has 1 fully saturated rings. The average molecular weight is 496 g/mol. The summed E-state index contributed by atoms with van der Waals surface area (Å²) in [5, 5.41) is 5.78. The van der Waals surface area contributed by atoms with Crippen molar-refractivity contribution in [2.75, 3.05) is 30.0 Å². The highest BCUT2D eigenvalue weighted by atomic mass is 79.9. The third-order valence-corrected chi connectivity index (χ3v) is 5.96. The number of morpholine rings is 1. The first kappa shape index (κ1) is 22.3. The van der Waals surface area contributed by atoms with Crippen LogP contribution in [0.5, 0.6) is 5.06 Å². The largest absolute Gasteiger partial charge is 0.414 e. The van der Waals surface area contributed by atoms with Crippen molar-refractivity contribution in [3.8, 4) is 5.06 Å². The molecule has 1 aromatic heterocycles. The van der Waals surface area contributed by atoms with Gasteiger partial charge in [0.25, 0.3) is 5.91 Å². The number of amides is 3. The third kappa shape index (κ3) is 5.38. The maximum atomic E-state index is 12.7. The Morgan fingerprint density at radius 3 is 2.67 bits per heavy atom. The molecular weight excluding hydrogens is 474 g/mol. The van der Waals surface area contributed by atoms with Gasteiger partial charge in [0, 0.05) is 17.9 Å². The van der Waals surface area contributed by atoms with Gasteiger partial charge in [-0.15, -0.1) is 0 Å². The van der Waals surface area contributed by atoms with Crippen molar-refractivity contribution in [1.29, 1.82) is 0 Å². The highest BCUT2D eigenvalue weighted by molar-refractivity contribution is 9.11. The fourth-order valence-corrected chi connectivity index (χ4v) is 4.07. The van der Waals surface area contributed by atoms with Gasteiger partial charge in [-0.1, -0.05) is 11.3 Å². The molecule has 160 valence electrons. The average Bonchev–Trinajstić information content (AvgIpc) is 3.06. The quantitative estimate of drug-likeness (QED) is 0.659. The molecule has 10 heteroatoms.